The normalized spacial score (nSPS) is 19.5. The van der Waals surface area contributed by atoms with Gasteiger partial charge in [-0.25, -0.2) is 4.99 Å². The number of amidine groups is 1. The first kappa shape index (κ1) is 14.2. The molecule has 0 unspecified atom stereocenters. The van der Waals surface area contributed by atoms with Gasteiger partial charge in [0.25, 0.3) is 0 Å². The van der Waals surface area contributed by atoms with Crippen LogP contribution in [-0.2, 0) is 6.42 Å². The molecule has 0 saturated carbocycles. The van der Waals surface area contributed by atoms with Gasteiger partial charge in [0.05, 0.1) is 18.8 Å². The number of anilines is 1. The second-order valence-electron chi connectivity index (χ2n) is 5.54. The quantitative estimate of drug-likeness (QED) is 0.809. The zero-order valence-electron chi connectivity index (χ0n) is 12.6. The van der Waals surface area contributed by atoms with Gasteiger partial charge in [-0.15, -0.1) is 0 Å². The molecule has 112 valence electrons. The molecule has 2 heterocycles. The third kappa shape index (κ3) is 3.14. The Balaban J connectivity index is 1.74. The van der Waals surface area contributed by atoms with Crippen LogP contribution in [-0.4, -0.2) is 55.7 Å². The number of nitrogens with one attached hydrogen (secondary N) is 1. The third-order valence-corrected chi connectivity index (χ3v) is 4.13. The molecule has 1 aromatic carbocycles. The fourth-order valence-corrected chi connectivity index (χ4v) is 2.96. The zero-order valence-corrected chi connectivity index (χ0v) is 12.6. The topological polar surface area (TPSA) is 66.0 Å². The first-order valence-electron chi connectivity index (χ1n) is 7.69. The molecule has 2 aliphatic heterocycles. The van der Waals surface area contributed by atoms with E-state index in [2.05, 4.69) is 28.2 Å². The van der Waals surface area contributed by atoms with Gasteiger partial charge in [0.15, 0.2) is 0 Å². The van der Waals surface area contributed by atoms with Crippen LogP contribution in [0.4, 0.5) is 5.69 Å². The van der Waals surface area contributed by atoms with Crippen LogP contribution in [0, 0.1) is 0 Å². The minimum atomic E-state index is 0.678. The van der Waals surface area contributed by atoms with E-state index >= 15 is 0 Å². The fourth-order valence-electron chi connectivity index (χ4n) is 2.96. The number of benzene rings is 1. The highest BCUT2D eigenvalue weighted by Crippen LogP contribution is 2.20. The first-order valence-corrected chi connectivity index (χ1v) is 7.69. The summed E-state index contributed by atoms with van der Waals surface area (Å²) in [6, 6.07) is 6.07. The number of rotatable bonds is 4. The van der Waals surface area contributed by atoms with Crippen molar-refractivity contribution in [1.82, 2.24) is 10.2 Å². The summed E-state index contributed by atoms with van der Waals surface area (Å²) in [5.74, 6) is 0.955. The molecular weight excluding hydrogens is 262 g/mol. The molecule has 0 radical (unpaired) electrons. The molecule has 1 aromatic rings. The number of hydrogen-bond donors (Lipinski definition) is 2. The second kappa shape index (κ2) is 6.37. The molecule has 2 aliphatic rings. The minimum absolute atomic E-state index is 0.678. The van der Waals surface area contributed by atoms with Crippen molar-refractivity contribution >= 4 is 17.2 Å². The Morgan fingerprint density at radius 2 is 2.10 bits per heavy atom. The van der Waals surface area contributed by atoms with E-state index < -0.39 is 0 Å². The first-order chi connectivity index (χ1) is 10.3. The summed E-state index contributed by atoms with van der Waals surface area (Å²) in [6.07, 6.45) is 0.925. The van der Waals surface area contributed by atoms with Crippen molar-refractivity contribution in [3.8, 4) is 0 Å². The van der Waals surface area contributed by atoms with E-state index in [1.54, 1.807) is 0 Å². The SMILES string of the molecule is CCc1c(N)cccc1C1=NC(CN2CCNCC2)=NC1. The van der Waals surface area contributed by atoms with Gasteiger partial charge in [0.2, 0.25) is 0 Å². The minimum Gasteiger partial charge on any atom is -0.398 e. The van der Waals surface area contributed by atoms with E-state index in [9.17, 15) is 0 Å². The molecule has 3 N–H and O–H groups in total. The molecule has 0 atom stereocenters. The predicted octanol–water partition coefficient (Wildman–Crippen LogP) is 0.938. The maximum absolute atomic E-state index is 6.08. The molecule has 0 aromatic heterocycles. The Morgan fingerprint density at radius 1 is 1.29 bits per heavy atom. The summed E-state index contributed by atoms with van der Waals surface area (Å²) >= 11 is 0. The summed E-state index contributed by atoms with van der Waals surface area (Å²) in [4.78, 5) is 11.8. The lowest BCUT2D eigenvalue weighted by Crippen LogP contribution is -2.45. The van der Waals surface area contributed by atoms with E-state index in [0.717, 1.165) is 61.9 Å². The maximum atomic E-state index is 6.08. The summed E-state index contributed by atoms with van der Waals surface area (Å²) in [6.45, 7) is 7.92. The number of nitrogen functional groups attached to an aromatic ring is 1. The van der Waals surface area contributed by atoms with Gasteiger partial charge >= 0.3 is 0 Å². The monoisotopic (exact) mass is 285 g/mol. The Morgan fingerprint density at radius 3 is 2.86 bits per heavy atom. The highest BCUT2D eigenvalue weighted by Gasteiger charge is 2.18. The number of hydrogen-bond acceptors (Lipinski definition) is 5. The predicted molar refractivity (Wildman–Crippen MR) is 88.4 cm³/mol. The summed E-state index contributed by atoms with van der Waals surface area (Å²) in [7, 11) is 0. The molecule has 21 heavy (non-hydrogen) atoms. The van der Waals surface area contributed by atoms with Crippen molar-refractivity contribution < 1.29 is 0 Å². The van der Waals surface area contributed by atoms with Crippen molar-refractivity contribution in [2.24, 2.45) is 9.98 Å². The molecule has 1 saturated heterocycles. The molecule has 5 nitrogen and oxygen atoms in total. The van der Waals surface area contributed by atoms with Gasteiger partial charge in [-0.05, 0) is 18.1 Å². The lowest BCUT2D eigenvalue weighted by Gasteiger charge is -2.26. The Labute approximate surface area is 126 Å². The van der Waals surface area contributed by atoms with Gasteiger partial charge in [0.1, 0.15) is 5.84 Å². The van der Waals surface area contributed by atoms with Crippen molar-refractivity contribution in [2.75, 3.05) is 45.0 Å². The smallest absolute Gasteiger partial charge is 0.138 e. The van der Waals surface area contributed by atoms with Crippen LogP contribution < -0.4 is 11.1 Å². The molecule has 0 amide bonds. The van der Waals surface area contributed by atoms with Gasteiger partial charge < -0.3 is 11.1 Å². The van der Waals surface area contributed by atoms with Crippen LogP contribution >= 0.6 is 0 Å². The number of nitrogens with two attached hydrogens (primary N) is 1. The van der Waals surface area contributed by atoms with Crippen molar-refractivity contribution in [3.05, 3.63) is 29.3 Å². The van der Waals surface area contributed by atoms with Gasteiger partial charge in [-0.1, -0.05) is 19.1 Å². The van der Waals surface area contributed by atoms with Crippen LogP contribution in [0.25, 0.3) is 0 Å². The van der Waals surface area contributed by atoms with Gasteiger partial charge in [-0.3, -0.25) is 9.89 Å². The van der Waals surface area contributed by atoms with E-state index in [1.807, 2.05) is 12.1 Å². The number of piperazine rings is 1. The second-order valence-corrected chi connectivity index (χ2v) is 5.54. The van der Waals surface area contributed by atoms with Crippen molar-refractivity contribution in [1.29, 1.82) is 0 Å². The molecular formula is C16H23N5. The molecule has 3 rings (SSSR count). The van der Waals surface area contributed by atoms with Crippen molar-refractivity contribution in [2.45, 2.75) is 13.3 Å². The van der Waals surface area contributed by atoms with Crippen LogP contribution in [0.5, 0.6) is 0 Å². The third-order valence-electron chi connectivity index (χ3n) is 4.13. The van der Waals surface area contributed by atoms with Gasteiger partial charge in [-0.2, -0.15) is 0 Å². The molecule has 1 fully saturated rings. The van der Waals surface area contributed by atoms with Crippen LogP contribution in [0.2, 0.25) is 0 Å². The Bertz CT molecular complexity index is 570. The van der Waals surface area contributed by atoms with E-state index in [1.165, 1.54) is 5.56 Å². The summed E-state index contributed by atoms with van der Waals surface area (Å²) in [5.41, 5.74) is 10.3. The summed E-state index contributed by atoms with van der Waals surface area (Å²) in [5, 5.41) is 3.36. The standard InChI is InChI=1S/C16H23N5/c1-2-12-13(4-3-5-14(12)17)15-10-19-16(20-15)11-21-8-6-18-7-9-21/h3-5,18H,2,6-11,17H2,1H3. The molecule has 0 spiro atoms. The average molecular weight is 285 g/mol. The number of aliphatic imine (C=N–C) groups is 2. The largest absolute Gasteiger partial charge is 0.398 e. The van der Waals surface area contributed by atoms with E-state index in [-0.39, 0.29) is 0 Å². The Kier molecular flexibility index (Phi) is 4.31. The molecule has 0 aliphatic carbocycles. The molecule has 0 bridgehead atoms. The van der Waals surface area contributed by atoms with Crippen LogP contribution in [0.3, 0.4) is 0 Å². The van der Waals surface area contributed by atoms with Crippen LogP contribution in [0.1, 0.15) is 18.1 Å². The lowest BCUT2D eigenvalue weighted by molar-refractivity contribution is 0.271. The van der Waals surface area contributed by atoms with E-state index in [0.29, 0.717) is 6.54 Å². The highest BCUT2D eigenvalue weighted by molar-refractivity contribution is 6.14. The Hall–Kier alpha value is -1.72. The van der Waals surface area contributed by atoms with Gasteiger partial charge in [0, 0.05) is 37.4 Å². The van der Waals surface area contributed by atoms with Crippen molar-refractivity contribution in [3.63, 3.8) is 0 Å². The lowest BCUT2D eigenvalue weighted by atomic mass is 9.99. The van der Waals surface area contributed by atoms with E-state index in [4.69, 9.17) is 10.7 Å². The van der Waals surface area contributed by atoms with Crippen LogP contribution in [0.15, 0.2) is 28.2 Å². The maximum Gasteiger partial charge on any atom is 0.138 e. The average Bonchev–Trinajstić information content (AvgIpc) is 2.96. The highest BCUT2D eigenvalue weighted by atomic mass is 15.2. The summed E-state index contributed by atoms with van der Waals surface area (Å²) < 4.78 is 0. The zero-order chi connectivity index (χ0) is 14.7. The molecule has 5 heteroatoms. The number of nitrogens with zero attached hydrogens (tertiary/aromatic N) is 3. The fraction of sp³-hybridized carbons (Fsp3) is 0.500.